The Labute approximate surface area is 109 Å². The van der Waals surface area contributed by atoms with Gasteiger partial charge in [0.1, 0.15) is 12.2 Å². The Morgan fingerprint density at radius 3 is 2.83 bits per heavy atom. The molecule has 6 heteroatoms. The molecule has 1 aromatic heterocycles. The molecule has 0 atom stereocenters. The topological polar surface area (TPSA) is 67.1 Å². The number of nitrogens with zero attached hydrogens (tertiary/aromatic N) is 4. The van der Waals surface area contributed by atoms with Crippen molar-refractivity contribution >= 4 is 5.96 Å². The van der Waals surface area contributed by atoms with E-state index in [2.05, 4.69) is 53.5 Å². The third kappa shape index (κ3) is 4.73. The van der Waals surface area contributed by atoms with E-state index in [-0.39, 0.29) is 0 Å². The van der Waals surface area contributed by atoms with Gasteiger partial charge >= 0.3 is 0 Å². The molecule has 0 fully saturated rings. The molecule has 0 spiro atoms. The maximum absolute atomic E-state index is 4.52. The zero-order valence-electron chi connectivity index (χ0n) is 11.8. The van der Waals surface area contributed by atoms with Gasteiger partial charge in [-0.15, -0.1) is 10.2 Å². The van der Waals surface area contributed by atoms with E-state index in [1.165, 1.54) is 0 Å². The first-order chi connectivity index (χ1) is 8.67. The Kier molecular flexibility index (Phi) is 6.18. The second-order valence-electron chi connectivity index (χ2n) is 4.35. The minimum atomic E-state index is 0.379. The summed E-state index contributed by atoms with van der Waals surface area (Å²) in [5.74, 6) is 1.87. The van der Waals surface area contributed by atoms with Crippen molar-refractivity contribution in [1.29, 1.82) is 0 Å². The molecule has 0 aromatic carbocycles. The van der Waals surface area contributed by atoms with Gasteiger partial charge in [0.2, 0.25) is 0 Å². The van der Waals surface area contributed by atoms with E-state index >= 15 is 0 Å². The lowest BCUT2D eigenvalue weighted by Crippen LogP contribution is -2.41. The molecule has 1 rings (SSSR count). The summed E-state index contributed by atoms with van der Waals surface area (Å²) >= 11 is 0. The molecule has 102 valence electrons. The van der Waals surface area contributed by atoms with Gasteiger partial charge in [0.05, 0.1) is 6.54 Å². The average molecular weight is 252 g/mol. The highest BCUT2D eigenvalue weighted by Gasteiger charge is 2.02. The first-order valence-electron chi connectivity index (χ1n) is 6.58. The van der Waals surface area contributed by atoms with E-state index in [0.717, 1.165) is 31.3 Å². The van der Waals surface area contributed by atoms with Crippen LogP contribution in [0, 0.1) is 0 Å². The maximum Gasteiger partial charge on any atom is 0.191 e. The molecule has 0 aliphatic heterocycles. The fourth-order valence-electron chi connectivity index (χ4n) is 1.60. The van der Waals surface area contributed by atoms with Gasteiger partial charge < -0.3 is 15.2 Å². The Morgan fingerprint density at radius 2 is 2.22 bits per heavy atom. The summed E-state index contributed by atoms with van der Waals surface area (Å²) < 4.78 is 2.04. The number of aliphatic imine (C=N–C) groups is 1. The van der Waals surface area contributed by atoms with Crippen molar-refractivity contribution in [2.45, 2.75) is 46.7 Å². The average Bonchev–Trinajstić information content (AvgIpc) is 2.76. The van der Waals surface area contributed by atoms with Crippen molar-refractivity contribution in [3.05, 3.63) is 12.2 Å². The highest BCUT2D eigenvalue weighted by molar-refractivity contribution is 5.79. The summed E-state index contributed by atoms with van der Waals surface area (Å²) in [5.41, 5.74) is 0. The van der Waals surface area contributed by atoms with Gasteiger partial charge in [-0.3, -0.25) is 4.99 Å². The van der Waals surface area contributed by atoms with E-state index in [0.29, 0.717) is 12.6 Å². The minimum absolute atomic E-state index is 0.379. The molecule has 0 saturated carbocycles. The van der Waals surface area contributed by atoms with Crippen molar-refractivity contribution in [3.63, 3.8) is 0 Å². The van der Waals surface area contributed by atoms with Crippen LogP contribution >= 0.6 is 0 Å². The normalized spacial score (nSPS) is 11.9. The molecule has 0 aliphatic carbocycles. The van der Waals surface area contributed by atoms with Crippen molar-refractivity contribution in [2.75, 3.05) is 13.1 Å². The molecule has 0 amide bonds. The predicted molar refractivity (Wildman–Crippen MR) is 73.7 cm³/mol. The Bertz CT molecular complexity index is 368. The zero-order chi connectivity index (χ0) is 13.4. The Morgan fingerprint density at radius 1 is 1.44 bits per heavy atom. The molecule has 0 saturated heterocycles. The maximum atomic E-state index is 4.52. The highest BCUT2D eigenvalue weighted by Crippen LogP contribution is 1.95. The summed E-state index contributed by atoms with van der Waals surface area (Å²) in [6.07, 6.45) is 2.66. The third-order valence-electron chi connectivity index (χ3n) is 2.39. The Hall–Kier alpha value is -1.59. The number of guanidine groups is 1. The number of hydrogen-bond acceptors (Lipinski definition) is 3. The fraction of sp³-hybridized carbons (Fsp3) is 0.750. The lowest BCUT2D eigenvalue weighted by molar-refractivity contribution is 0.653. The number of aryl methyl sites for hydroxylation is 1. The number of rotatable bonds is 6. The lowest BCUT2D eigenvalue weighted by Gasteiger charge is -2.14. The van der Waals surface area contributed by atoms with Gasteiger partial charge in [-0.25, -0.2) is 0 Å². The second-order valence-corrected chi connectivity index (χ2v) is 4.35. The van der Waals surface area contributed by atoms with Crippen LogP contribution in [0.5, 0.6) is 0 Å². The van der Waals surface area contributed by atoms with Crippen LogP contribution in [0.4, 0.5) is 0 Å². The molecule has 0 radical (unpaired) electrons. The first kappa shape index (κ1) is 14.5. The van der Waals surface area contributed by atoms with Crippen LogP contribution in [0.2, 0.25) is 0 Å². The first-order valence-corrected chi connectivity index (χ1v) is 6.58. The molecule has 0 bridgehead atoms. The van der Waals surface area contributed by atoms with E-state index in [9.17, 15) is 0 Å². The third-order valence-corrected chi connectivity index (χ3v) is 2.39. The van der Waals surface area contributed by atoms with Crippen molar-refractivity contribution < 1.29 is 0 Å². The number of nitrogens with one attached hydrogen (secondary N) is 2. The molecular weight excluding hydrogens is 228 g/mol. The lowest BCUT2D eigenvalue weighted by atomic mass is 10.4. The van der Waals surface area contributed by atoms with E-state index in [1.54, 1.807) is 6.33 Å². The van der Waals surface area contributed by atoms with E-state index in [4.69, 9.17) is 0 Å². The van der Waals surface area contributed by atoms with Crippen LogP contribution in [0.1, 0.15) is 33.5 Å². The van der Waals surface area contributed by atoms with Gasteiger partial charge in [-0.2, -0.15) is 0 Å². The summed E-state index contributed by atoms with van der Waals surface area (Å²) in [5, 5.41) is 14.5. The smallest absolute Gasteiger partial charge is 0.191 e. The molecule has 1 aromatic rings. The predicted octanol–water partition coefficient (Wildman–Crippen LogP) is 0.804. The van der Waals surface area contributed by atoms with E-state index < -0.39 is 0 Å². The van der Waals surface area contributed by atoms with E-state index in [1.807, 2.05) is 4.57 Å². The van der Waals surface area contributed by atoms with Crippen molar-refractivity contribution in [2.24, 2.45) is 4.99 Å². The molecule has 1 heterocycles. The monoisotopic (exact) mass is 252 g/mol. The molecule has 0 aliphatic rings. The van der Waals surface area contributed by atoms with Crippen LogP contribution in [0.25, 0.3) is 0 Å². The SMILES string of the molecule is CCNC(=NCCn1cnnc1CC)NC(C)C. The largest absolute Gasteiger partial charge is 0.357 e. The van der Waals surface area contributed by atoms with Gasteiger partial charge in [-0.05, 0) is 20.8 Å². The molecule has 18 heavy (non-hydrogen) atoms. The summed E-state index contributed by atoms with van der Waals surface area (Å²) in [6, 6.07) is 0.379. The van der Waals surface area contributed by atoms with Gasteiger partial charge in [-0.1, -0.05) is 6.92 Å². The van der Waals surface area contributed by atoms with Crippen LogP contribution in [0.3, 0.4) is 0 Å². The molecule has 2 N–H and O–H groups in total. The van der Waals surface area contributed by atoms with Crippen molar-refractivity contribution in [3.8, 4) is 0 Å². The molecule has 0 unspecified atom stereocenters. The molecular formula is C12H24N6. The van der Waals surface area contributed by atoms with Crippen LogP contribution in [-0.4, -0.2) is 39.9 Å². The van der Waals surface area contributed by atoms with Gasteiger partial charge in [0, 0.05) is 25.6 Å². The quantitative estimate of drug-likeness (QED) is 0.580. The fourth-order valence-corrected chi connectivity index (χ4v) is 1.60. The van der Waals surface area contributed by atoms with Gasteiger partial charge in [0.25, 0.3) is 0 Å². The summed E-state index contributed by atoms with van der Waals surface area (Å²) in [7, 11) is 0. The molecule has 6 nitrogen and oxygen atoms in total. The van der Waals surface area contributed by atoms with Crippen molar-refractivity contribution in [1.82, 2.24) is 25.4 Å². The van der Waals surface area contributed by atoms with Crippen LogP contribution in [0.15, 0.2) is 11.3 Å². The highest BCUT2D eigenvalue weighted by atomic mass is 15.3. The zero-order valence-corrected chi connectivity index (χ0v) is 11.8. The standard InChI is InChI=1S/C12H24N6/c1-5-11-17-15-9-18(11)8-7-14-12(13-6-2)16-10(3)4/h9-10H,5-8H2,1-4H3,(H2,13,14,16). The second kappa shape index (κ2) is 7.68. The Balaban J connectivity index is 2.50. The summed E-state index contributed by atoms with van der Waals surface area (Å²) in [4.78, 5) is 4.52. The summed E-state index contributed by atoms with van der Waals surface area (Å²) in [6.45, 7) is 10.7. The minimum Gasteiger partial charge on any atom is -0.357 e. The van der Waals surface area contributed by atoms with Crippen LogP contribution in [-0.2, 0) is 13.0 Å². The van der Waals surface area contributed by atoms with Crippen LogP contribution < -0.4 is 10.6 Å². The number of hydrogen-bond donors (Lipinski definition) is 2. The van der Waals surface area contributed by atoms with Gasteiger partial charge in [0.15, 0.2) is 5.96 Å². The number of aromatic nitrogens is 3.